The molecule has 0 bridgehead atoms. The van der Waals surface area contributed by atoms with Gasteiger partial charge in [-0.3, -0.25) is 4.79 Å². The van der Waals surface area contributed by atoms with E-state index in [4.69, 9.17) is 0 Å². The normalized spacial score (nSPS) is 20.1. The molecule has 82 valence electrons. The van der Waals surface area contributed by atoms with Crippen LogP contribution in [-0.4, -0.2) is 60.1 Å². The van der Waals surface area contributed by atoms with Crippen LogP contribution >= 0.6 is 0 Å². The highest BCUT2D eigenvalue weighted by Crippen LogP contribution is 2.28. The van der Waals surface area contributed by atoms with Crippen LogP contribution in [-0.2, 0) is 4.79 Å². The van der Waals surface area contributed by atoms with Gasteiger partial charge in [-0.15, -0.1) is 0 Å². The van der Waals surface area contributed by atoms with E-state index in [9.17, 15) is 9.90 Å². The topological polar surface area (TPSA) is 43.8 Å². The molecule has 1 rings (SSSR count). The van der Waals surface area contributed by atoms with Crippen molar-refractivity contribution in [2.24, 2.45) is 5.92 Å². The van der Waals surface area contributed by atoms with E-state index in [0.717, 1.165) is 0 Å². The first-order valence-electron chi connectivity index (χ1n) is 5.00. The van der Waals surface area contributed by atoms with Crippen molar-refractivity contribution in [2.75, 3.05) is 33.7 Å². The molecule has 0 aromatic carbocycles. The number of rotatable bonds is 3. The summed E-state index contributed by atoms with van der Waals surface area (Å²) in [7, 11) is 3.73. The molecule has 0 saturated carbocycles. The number of hydrogen-bond donors (Lipinski definition) is 1. The van der Waals surface area contributed by atoms with Gasteiger partial charge in [-0.2, -0.15) is 0 Å². The third-order valence-corrected chi connectivity index (χ3v) is 2.81. The van der Waals surface area contributed by atoms with Gasteiger partial charge in [-0.25, -0.2) is 0 Å². The smallest absolute Gasteiger partial charge is 0.236 e. The summed E-state index contributed by atoms with van der Waals surface area (Å²) < 4.78 is 0. The maximum atomic E-state index is 11.5. The number of likely N-dealkylation sites (N-methyl/N-ethyl adjacent to an activating group) is 1. The van der Waals surface area contributed by atoms with Crippen LogP contribution in [0.25, 0.3) is 0 Å². The van der Waals surface area contributed by atoms with E-state index >= 15 is 0 Å². The minimum atomic E-state index is -0.651. The summed E-state index contributed by atoms with van der Waals surface area (Å²) in [6, 6.07) is 0. The SMILES string of the molecule is CC(C)C1(O)CN(C(=O)CN(C)C)C1. The first-order chi connectivity index (χ1) is 6.35. The second-order valence-electron chi connectivity index (χ2n) is 4.75. The lowest BCUT2D eigenvalue weighted by atomic mass is 9.83. The molecule has 0 aromatic heterocycles. The molecule has 0 atom stereocenters. The Kier molecular flexibility index (Phi) is 3.17. The maximum absolute atomic E-state index is 11.5. The lowest BCUT2D eigenvalue weighted by molar-refractivity contribution is -0.164. The molecule has 4 heteroatoms. The van der Waals surface area contributed by atoms with Crippen molar-refractivity contribution in [3.8, 4) is 0 Å². The minimum Gasteiger partial charge on any atom is -0.386 e. The van der Waals surface area contributed by atoms with Crippen LogP contribution in [0.5, 0.6) is 0 Å². The van der Waals surface area contributed by atoms with Gasteiger partial charge in [0.25, 0.3) is 0 Å². The third kappa shape index (κ3) is 2.25. The minimum absolute atomic E-state index is 0.0975. The average Bonchev–Trinajstić information content (AvgIpc) is 1.96. The molecule has 0 spiro atoms. The van der Waals surface area contributed by atoms with Gasteiger partial charge in [0.2, 0.25) is 5.91 Å². The van der Waals surface area contributed by atoms with Crippen molar-refractivity contribution in [1.29, 1.82) is 0 Å². The maximum Gasteiger partial charge on any atom is 0.236 e. The van der Waals surface area contributed by atoms with Crippen molar-refractivity contribution < 1.29 is 9.90 Å². The second-order valence-corrected chi connectivity index (χ2v) is 4.75. The lowest BCUT2D eigenvalue weighted by Gasteiger charge is -2.49. The molecule has 1 heterocycles. The Balaban J connectivity index is 2.37. The van der Waals surface area contributed by atoms with Gasteiger partial charge in [0.15, 0.2) is 0 Å². The summed E-state index contributed by atoms with van der Waals surface area (Å²) in [6.07, 6.45) is 0. The Morgan fingerprint density at radius 2 is 2.00 bits per heavy atom. The van der Waals surface area contributed by atoms with Gasteiger partial charge >= 0.3 is 0 Å². The first kappa shape index (κ1) is 11.5. The molecule has 1 N–H and O–H groups in total. The molecule has 0 aromatic rings. The Morgan fingerprint density at radius 3 is 2.36 bits per heavy atom. The lowest BCUT2D eigenvalue weighted by Crippen LogP contribution is -2.66. The second kappa shape index (κ2) is 3.87. The first-order valence-corrected chi connectivity index (χ1v) is 5.00. The summed E-state index contributed by atoms with van der Waals surface area (Å²) in [6.45, 7) is 5.35. The van der Waals surface area contributed by atoms with Crippen LogP contribution in [0.3, 0.4) is 0 Å². The molecule has 0 unspecified atom stereocenters. The van der Waals surface area contributed by atoms with Gasteiger partial charge in [-0.1, -0.05) is 13.8 Å². The van der Waals surface area contributed by atoms with Crippen molar-refractivity contribution in [2.45, 2.75) is 19.4 Å². The fourth-order valence-corrected chi connectivity index (χ4v) is 1.53. The molecule has 1 amide bonds. The van der Waals surface area contributed by atoms with Crippen molar-refractivity contribution in [3.05, 3.63) is 0 Å². The molecular weight excluding hydrogens is 180 g/mol. The molecule has 0 aliphatic carbocycles. The molecule has 14 heavy (non-hydrogen) atoms. The molecular formula is C10H20N2O2. The predicted octanol–water partition coefficient (Wildman–Crippen LogP) is -0.223. The van der Waals surface area contributed by atoms with Crippen molar-refractivity contribution >= 4 is 5.91 Å². The van der Waals surface area contributed by atoms with Crippen LogP contribution in [0.4, 0.5) is 0 Å². The van der Waals surface area contributed by atoms with Gasteiger partial charge < -0.3 is 14.9 Å². The zero-order valence-corrected chi connectivity index (χ0v) is 9.45. The molecule has 4 nitrogen and oxygen atoms in total. The Morgan fingerprint density at radius 1 is 1.50 bits per heavy atom. The van der Waals surface area contributed by atoms with Crippen LogP contribution < -0.4 is 0 Å². The molecule has 1 aliphatic rings. The van der Waals surface area contributed by atoms with Crippen LogP contribution in [0.15, 0.2) is 0 Å². The largest absolute Gasteiger partial charge is 0.386 e. The van der Waals surface area contributed by atoms with E-state index in [2.05, 4.69) is 0 Å². The highest BCUT2D eigenvalue weighted by Gasteiger charge is 2.45. The third-order valence-electron chi connectivity index (χ3n) is 2.81. The Bertz CT molecular complexity index is 220. The quantitative estimate of drug-likeness (QED) is 0.685. The molecule has 1 fully saturated rings. The highest BCUT2D eigenvalue weighted by atomic mass is 16.3. The number of hydrogen-bond acceptors (Lipinski definition) is 3. The summed E-state index contributed by atoms with van der Waals surface area (Å²) in [5.74, 6) is 0.311. The van der Waals surface area contributed by atoms with Crippen LogP contribution in [0.2, 0.25) is 0 Å². The summed E-state index contributed by atoms with van der Waals surface area (Å²) in [5, 5.41) is 9.93. The van der Waals surface area contributed by atoms with E-state index in [0.29, 0.717) is 19.6 Å². The van der Waals surface area contributed by atoms with E-state index in [1.165, 1.54) is 0 Å². The number of amides is 1. The molecule has 0 radical (unpaired) electrons. The van der Waals surface area contributed by atoms with E-state index in [1.807, 2.05) is 32.8 Å². The van der Waals surface area contributed by atoms with E-state index in [-0.39, 0.29) is 11.8 Å². The highest BCUT2D eigenvalue weighted by molar-refractivity contribution is 5.79. The number of aliphatic hydroxyl groups is 1. The average molecular weight is 200 g/mol. The van der Waals surface area contributed by atoms with E-state index in [1.54, 1.807) is 4.90 Å². The van der Waals surface area contributed by atoms with E-state index < -0.39 is 5.60 Å². The Hall–Kier alpha value is -0.610. The summed E-state index contributed by atoms with van der Waals surface area (Å²) >= 11 is 0. The zero-order chi connectivity index (χ0) is 10.9. The zero-order valence-electron chi connectivity index (χ0n) is 9.45. The van der Waals surface area contributed by atoms with Gasteiger partial charge in [-0.05, 0) is 20.0 Å². The van der Waals surface area contributed by atoms with Crippen LogP contribution in [0.1, 0.15) is 13.8 Å². The predicted molar refractivity (Wildman–Crippen MR) is 54.9 cm³/mol. The fourth-order valence-electron chi connectivity index (χ4n) is 1.53. The number of likely N-dealkylation sites (tertiary alicyclic amines) is 1. The number of nitrogens with zero attached hydrogens (tertiary/aromatic N) is 2. The monoisotopic (exact) mass is 200 g/mol. The van der Waals surface area contributed by atoms with Gasteiger partial charge in [0.05, 0.1) is 19.6 Å². The molecule has 1 aliphatic heterocycles. The summed E-state index contributed by atoms with van der Waals surface area (Å²) in [4.78, 5) is 15.1. The van der Waals surface area contributed by atoms with Crippen molar-refractivity contribution in [1.82, 2.24) is 9.80 Å². The van der Waals surface area contributed by atoms with Crippen molar-refractivity contribution in [3.63, 3.8) is 0 Å². The number of carbonyl (C=O) groups excluding carboxylic acids is 1. The van der Waals surface area contributed by atoms with Gasteiger partial charge in [0.1, 0.15) is 5.60 Å². The standard InChI is InChI=1S/C10H20N2O2/c1-8(2)10(14)6-12(7-10)9(13)5-11(3)4/h8,14H,5-7H2,1-4H3. The fraction of sp³-hybridized carbons (Fsp3) is 0.900. The number of β-amino-alcohol motifs (C(OH)–C–C–N with tert-alkyl or cyclic N) is 1. The summed E-state index contributed by atoms with van der Waals surface area (Å²) in [5.41, 5.74) is -0.651. The van der Waals surface area contributed by atoms with Crippen LogP contribution in [0, 0.1) is 5.92 Å². The molecule has 1 saturated heterocycles. The Labute approximate surface area is 85.5 Å². The van der Waals surface area contributed by atoms with Gasteiger partial charge in [0, 0.05) is 0 Å². The number of carbonyl (C=O) groups is 1.